The van der Waals surface area contributed by atoms with Gasteiger partial charge in [-0.1, -0.05) is 31.1 Å². The molecule has 2 aromatic carbocycles. The van der Waals surface area contributed by atoms with Gasteiger partial charge in [0.2, 0.25) is 5.91 Å². The molecule has 0 radical (unpaired) electrons. The average molecular weight is 455 g/mol. The van der Waals surface area contributed by atoms with Crippen molar-refractivity contribution in [3.63, 3.8) is 0 Å². The molecular formula is C24H26FN3O5. The second-order valence-corrected chi connectivity index (χ2v) is 7.68. The number of halogens is 1. The standard InChI is InChI=1S/C24H26FN3O5/c1-14(2)22(24(30)26-13-15-5-7-16(25)8-6-15)27-23(29)19-12-21(33-28-19)18-10-9-17(31-3)11-20(18)32-4/h5-12,14,22H,13H2,1-4H3,(H,26,30)(H,27,29)/t22-/m1/s1. The summed E-state index contributed by atoms with van der Waals surface area (Å²) in [6.07, 6.45) is 0. The molecule has 3 rings (SSSR count). The molecular weight excluding hydrogens is 429 g/mol. The van der Waals surface area contributed by atoms with Crippen molar-refractivity contribution in [1.82, 2.24) is 15.8 Å². The highest BCUT2D eigenvalue weighted by atomic mass is 19.1. The zero-order valence-corrected chi connectivity index (χ0v) is 18.8. The number of ether oxygens (including phenoxy) is 2. The zero-order valence-electron chi connectivity index (χ0n) is 18.8. The van der Waals surface area contributed by atoms with Crippen LogP contribution in [-0.2, 0) is 11.3 Å². The third-order valence-corrected chi connectivity index (χ3v) is 5.03. The second-order valence-electron chi connectivity index (χ2n) is 7.68. The number of hydrogen-bond donors (Lipinski definition) is 2. The van der Waals surface area contributed by atoms with Gasteiger partial charge in [0.15, 0.2) is 11.5 Å². The van der Waals surface area contributed by atoms with Crippen LogP contribution in [0.2, 0.25) is 0 Å². The van der Waals surface area contributed by atoms with E-state index in [1.807, 2.05) is 13.8 Å². The minimum atomic E-state index is -0.798. The molecule has 174 valence electrons. The lowest BCUT2D eigenvalue weighted by atomic mass is 10.0. The summed E-state index contributed by atoms with van der Waals surface area (Å²) in [5.74, 6) is 0.00175. The number of nitrogens with one attached hydrogen (secondary N) is 2. The first-order chi connectivity index (χ1) is 15.8. The van der Waals surface area contributed by atoms with E-state index in [4.69, 9.17) is 14.0 Å². The summed E-state index contributed by atoms with van der Waals surface area (Å²) in [7, 11) is 3.06. The molecule has 0 aliphatic heterocycles. The van der Waals surface area contributed by atoms with Crippen molar-refractivity contribution in [1.29, 1.82) is 0 Å². The van der Waals surface area contributed by atoms with Crippen molar-refractivity contribution in [2.75, 3.05) is 14.2 Å². The van der Waals surface area contributed by atoms with E-state index in [1.54, 1.807) is 37.4 Å². The summed E-state index contributed by atoms with van der Waals surface area (Å²) in [5, 5.41) is 9.31. The predicted molar refractivity (Wildman–Crippen MR) is 119 cm³/mol. The monoisotopic (exact) mass is 455 g/mol. The van der Waals surface area contributed by atoms with Crippen LogP contribution in [0.25, 0.3) is 11.3 Å². The number of benzene rings is 2. The van der Waals surface area contributed by atoms with Gasteiger partial charge in [-0.05, 0) is 35.7 Å². The van der Waals surface area contributed by atoms with Crippen molar-refractivity contribution in [3.8, 4) is 22.8 Å². The summed E-state index contributed by atoms with van der Waals surface area (Å²) in [4.78, 5) is 25.5. The van der Waals surface area contributed by atoms with Gasteiger partial charge in [0.25, 0.3) is 5.91 Å². The summed E-state index contributed by atoms with van der Waals surface area (Å²) in [6, 6.07) is 11.7. The van der Waals surface area contributed by atoms with Crippen LogP contribution in [0, 0.1) is 11.7 Å². The Kier molecular flexibility index (Phi) is 7.66. The first-order valence-electron chi connectivity index (χ1n) is 10.3. The molecule has 1 atom stereocenters. The van der Waals surface area contributed by atoms with Crippen LogP contribution in [0.4, 0.5) is 4.39 Å². The van der Waals surface area contributed by atoms with Crippen LogP contribution in [-0.4, -0.2) is 37.2 Å². The number of hydrogen-bond acceptors (Lipinski definition) is 6. The molecule has 0 unspecified atom stereocenters. The number of amides is 2. The van der Waals surface area contributed by atoms with Crippen molar-refractivity contribution in [2.45, 2.75) is 26.4 Å². The Hall–Kier alpha value is -3.88. The highest BCUT2D eigenvalue weighted by molar-refractivity contribution is 5.96. The van der Waals surface area contributed by atoms with E-state index in [0.717, 1.165) is 5.56 Å². The van der Waals surface area contributed by atoms with Crippen LogP contribution in [0.5, 0.6) is 11.5 Å². The topological polar surface area (TPSA) is 103 Å². The fourth-order valence-electron chi connectivity index (χ4n) is 3.16. The Morgan fingerprint density at radius 3 is 2.42 bits per heavy atom. The van der Waals surface area contributed by atoms with Crippen LogP contribution in [0.1, 0.15) is 29.9 Å². The maximum absolute atomic E-state index is 13.0. The first-order valence-corrected chi connectivity index (χ1v) is 10.3. The Balaban J connectivity index is 1.69. The second kappa shape index (κ2) is 10.6. The Morgan fingerprint density at radius 1 is 1.06 bits per heavy atom. The Morgan fingerprint density at radius 2 is 1.79 bits per heavy atom. The average Bonchev–Trinajstić information content (AvgIpc) is 3.31. The first kappa shape index (κ1) is 23.8. The molecule has 33 heavy (non-hydrogen) atoms. The SMILES string of the molecule is COc1ccc(-c2cc(C(=O)N[C@@H](C(=O)NCc3ccc(F)cc3)C(C)C)no2)c(OC)c1. The lowest BCUT2D eigenvalue weighted by Crippen LogP contribution is -2.49. The van der Waals surface area contributed by atoms with E-state index < -0.39 is 11.9 Å². The normalized spacial score (nSPS) is 11.7. The highest BCUT2D eigenvalue weighted by Gasteiger charge is 2.26. The van der Waals surface area contributed by atoms with E-state index in [2.05, 4.69) is 15.8 Å². The van der Waals surface area contributed by atoms with Gasteiger partial charge in [-0.15, -0.1) is 0 Å². The van der Waals surface area contributed by atoms with Crippen LogP contribution < -0.4 is 20.1 Å². The molecule has 0 aliphatic rings. The van der Waals surface area contributed by atoms with Gasteiger partial charge in [-0.2, -0.15) is 0 Å². The van der Waals surface area contributed by atoms with Gasteiger partial charge >= 0.3 is 0 Å². The van der Waals surface area contributed by atoms with E-state index in [9.17, 15) is 14.0 Å². The summed E-state index contributed by atoms with van der Waals surface area (Å²) < 4.78 is 28.9. The quantitative estimate of drug-likeness (QED) is 0.511. The molecule has 0 aliphatic carbocycles. The van der Waals surface area contributed by atoms with Gasteiger partial charge in [0, 0.05) is 18.7 Å². The van der Waals surface area contributed by atoms with E-state index in [0.29, 0.717) is 22.8 Å². The minimum Gasteiger partial charge on any atom is -0.497 e. The Labute approximate surface area is 191 Å². The highest BCUT2D eigenvalue weighted by Crippen LogP contribution is 2.33. The van der Waals surface area contributed by atoms with E-state index >= 15 is 0 Å². The molecule has 2 amide bonds. The molecule has 0 saturated heterocycles. The number of nitrogens with zero attached hydrogens (tertiary/aromatic N) is 1. The number of methoxy groups -OCH3 is 2. The summed E-state index contributed by atoms with van der Waals surface area (Å²) >= 11 is 0. The summed E-state index contributed by atoms with van der Waals surface area (Å²) in [5.41, 5.74) is 1.37. The third-order valence-electron chi connectivity index (χ3n) is 5.03. The van der Waals surface area contributed by atoms with Gasteiger partial charge in [0.05, 0.1) is 19.8 Å². The van der Waals surface area contributed by atoms with Crippen molar-refractivity contribution in [3.05, 3.63) is 65.6 Å². The van der Waals surface area contributed by atoms with Crippen molar-refractivity contribution < 1.29 is 28.0 Å². The van der Waals surface area contributed by atoms with Crippen molar-refractivity contribution >= 4 is 11.8 Å². The smallest absolute Gasteiger partial charge is 0.274 e. The fourth-order valence-corrected chi connectivity index (χ4v) is 3.16. The minimum absolute atomic E-state index is 0.0276. The molecule has 0 fully saturated rings. The molecule has 1 heterocycles. The van der Waals surface area contributed by atoms with Crippen molar-refractivity contribution in [2.24, 2.45) is 5.92 Å². The van der Waals surface area contributed by atoms with Gasteiger partial charge < -0.3 is 24.6 Å². The number of rotatable bonds is 9. The molecule has 9 heteroatoms. The van der Waals surface area contributed by atoms with Crippen LogP contribution >= 0.6 is 0 Å². The number of carbonyl (C=O) groups is 2. The van der Waals surface area contributed by atoms with Crippen LogP contribution in [0.3, 0.4) is 0 Å². The van der Waals surface area contributed by atoms with Gasteiger partial charge in [0.1, 0.15) is 23.4 Å². The molecule has 8 nitrogen and oxygen atoms in total. The van der Waals surface area contributed by atoms with Gasteiger partial charge in [-0.25, -0.2) is 4.39 Å². The predicted octanol–water partition coefficient (Wildman–Crippen LogP) is 3.57. The molecule has 2 N–H and O–H groups in total. The molecule has 3 aromatic rings. The van der Waals surface area contributed by atoms with E-state index in [-0.39, 0.29) is 29.9 Å². The summed E-state index contributed by atoms with van der Waals surface area (Å²) in [6.45, 7) is 3.85. The molecule has 0 bridgehead atoms. The zero-order chi connectivity index (χ0) is 24.0. The maximum atomic E-state index is 13.0. The number of aromatic nitrogens is 1. The van der Waals surface area contributed by atoms with E-state index in [1.165, 1.54) is 25.3 Å². The lowest BCUT2D eigenvalue weighted by Gasteiger charge is -2.21. The van der Waals surface area contributed by atoms with Crippen LogP contribution in [0.15, 0.2) is 53.1 Å². The van der Waals surface area contributed by atoms with Gasteiger partial charge in [-0.3, -0.25) is 9.59 Å². The lowest BCUT2D eigenvalue weighted by molar-refractivity contribution is -0.124. The molecule has 1 aromatic heterocycles. The third kappa shape index (κ3) is 5.88. The molecule has 0 spiro atoms. The Bertz CT molecular complexity index is 1110. The largest absolute Gasteiger partial charge is 0.497 e. The number of carbonyl (C=O) groups excluding carboxylic acids is 2. The fraction of sp³-hybridized carbons (Fsp3) is 0.292. The maximum Gasteiger partial charge on any atom is 0.274 e. The molecule has 0 saturated carbocycles.